The Hall–Kier alpha value is -1.19. The van der Waals surface area contributed by atoms with Crippen LogP contribution in [0.3, 0.4) is 0 Å². The lowest BCUT2D eigenvalue weighted by atomic mass is 10.2. The Kier molecular flexibility index (Phi) is 2.15. The van der Waals surface area contributed by atoms with E-state index in [1.165, 1.54) is 6.26 Å². The fourth-order valence-corrected chi connectivity index (χ4v) is 0.778. The van der Waals surface area contributed by atoms with Crippen LogP contribution in [-0.2, 0) is 4.74 Å². The summed E-state index contributed by atoms with van der Waals surface area (Å²) in [6.45, 7) is 0. The fourth-order valence-electron chi connectivity index (χ4n) is 0.778. The van der Waals surface area contributed by atoms with E-state index in [4.69, 9.17) is 9.84 Å². The summed E-state index contributed by atoms with van der Waals surface area (Å²) in [4.78, 5) is 10.1. The highest BCUT2D eigenvalue weighted by Crippen LogP contribution is 2.06. The van der Waals surface area contributed by atoms with Gasteiger partial charge in [-0.2, -0.15) is 0 Å². The monoisotopic (exact) mass is 143 g/mol. The third kappa shape index (κ3) is 1.97. The van der Waals surface area contributed by atoms with Crippen molar-refractivity contribution >= 4 is 6.09 Å². The minimum absolute atomic E-state index is 0.359. The summed E-state index contributed by atoms with van der Waals surface area (Å²) in [6, 6.07) is 0. The molecule has 10 heavy (non-hydrogen) atoms. The molecule has 0 radical (unpaired) electrons. The molecule has 56 valence electrons. The van der Waals surface area contributed by atoms with Gasteiger partial charge in [0.25, 0.3) is 0 Å². The molecule has 0 aliphatic carbocycles. The number of nitrogens with one attached hydrogen (secondary N) is 1. The van der Waals surface area contributed by atoms with Crippen molar-refractivity contribution in [3.8, 4) is 0 Å². The molecule has 0 aromatic rings. The maximum absolute atomic E-state index is 10.1. The van der Waals surface area contributed by atoms with Crippen LogP contribution in [0.1, 0.15) is 12.8 Å². The molecule has 0 aromatic heterocycles. The second-order valence-electron chi connectivity index (χ2n) is 2.02. The Balaban J connectivity index is 2.28. The summed E-state index contributed by atoms with van der Waals surface area (Å²) < 4.78 is 4.92. The second kappa shape index (κ2) is 3.10. The molecule has 2 N–H and O–H groups in total. The Morgan fingerprint density at radius 2 is 2.60 bits per heavy atom. The van der Waals surface area contributed by atoms with Crippen molar-refractivity contribution in [2.24, 2.45) is 0 Å². The lowest BCUT2D eigenvalue weighted by molar-refractivity contribution is 0.0877. The van der Waals surface area contributed by atoms with Gasteiger partial charge in [0.2, 0.25) is 0 Å². The number of ether oxygens (including phenoxy) is 1. The van der Waals surface area contributed by atoms with Gasteiger partial charge in [-0.3, -0.25) is 5.32 Å². The van der Waals surface area contributed by atoms with Crippen LogP contribution in [-0.4, -0.2) is 17.4 Å². The summed E-state index contributed by atoms with van der Waals surface area (Å²) in [5.74, 6) is 0. The summed E-state index contributed by atoms with van der Waals surface area (Å²) in [6.07, 6.45) is 3.56. The molecule has 1 atom stereocenters. The van der Waals surface area contributed by atoms with Crippen LogP contribution in [0.5, 0.6) is 0 Å². The van der Waals surface area contributed by atoms with Crippen LogP contribution in [0.4, 0.5) is 4.79 Å². The van der Waals surface area contributed by atoms with E-state index in [9.17, 15) is 4.79 Å². The van der Waals surface area contributed by atoms with Crippen LogP contribution >= 0.6 is 0 Å². The first kappa shape index (κ1) is 6.92. The lowest BCUT2D eigenvalue weighted by Crippen LogP contribution is -2.35. The molecule has 1 aliphatic heterocycles. The molecule has 4 heteroatoms. The van der Waals surface area contributed by atoms with Crippen molar-refractivity contribution in [1.29, 1.82) is 0 Å². The van der Waals surface area contributed by atoms with Gasteiger partial charge in [-0.15, -0.1) is 0 Å². The highest BCUT2D eigenvalue weighted by molar-refractivity contribution is 5.64. The van der Waals surface area contributed by atoms with Gasteiger partial charge in [-0.1, -0.05) is 0 Å². The number of amides is 1. The molecule has 1 rings (SSSR count). The average Bonchev–Trinajstić information content (AvgIpc) is 1.88. The molecule has 1 unspecified atom stereocenters. The number of rotatable bonds is 1. The van der Waals surface area contributed by atoms with Crippen LogP contribution < -0.4 is 5.32 Å². The van der Waals surface area contributed by atoms with E-state index in [2.05, 4.69) is 5.32 Å². The van der Waals surface area contributed by atoms with Gasteiger partial charge in [0.15, 0.2) is 6.23 Å². The highest BCUT2D eigenvalue weighted by atomic mass is 16.5. The maximum atomic E-state index is 10.1. The standard InChI is InChI=1S/C6H9NO3/c8-6(9)7-5-3-1-2-4-10-5/h2,4-5,7H,1,3H2,(H,8,9). The van der Waals surface area contributed by atoms with E-state index >= 15 is 0 Å². The third-order valence-electron chi connectivity index (χ3n) is 1.22. The zero-order chi connectivity index (χ0) is 7.40. The average molecular weight is 143 g/mol. The van der Waals surface area contributed by atoms with Gasteiger partial charge in [0.1, 0.15) is 0 Å². The van der Waals surface area contributed by atoms with Crippen molar-refractivity contribution in [3.05, 3.63) is 12.3 Å². The van der Waals surface area contributed by atoms with Crippen molar-refractivity contribution < 1.29 is 14.6 Å². The minimum Gasteiger partial charge on any atom is -0.478 e. The topological polar surface area (TPSA) is 58.6 Å². The van der Waals surface area contributed by atoms with Crippen molar-refractivity contribution in [2.45, 2.75) is 19.1 Å². The molecular weight excluding hydrogens is 134 g/mol. The van der Waals surface area contributed by atoms with E-state index in [0.717, 1.165) is 6.42 Å². The number of carbonyl (C=O) groups is 1. The van der Waals surface area contributed by atoms with Crippen molar-refractivity contribution in [3.63, 3.8) is 0 Å². The Morgan fingerprint density at radius 1 is 1.80 bits per heavy atom. The third-order valence-corrected chi connectivity index (χ3v) is 1.22. The van der Waals surface area contributed by atoms with Crippen LogP contribution in [0, 0.1) is 0 Å². The molecule has 0 saturated heterocycles. The SMILES string of the molecule is O=C(O)NC1CCC=CO1. The smallest absolute Gasteiger partial charge is 0.407 e. The zero-order valence-electron chi connectivity index (χ0n) is 5.41. The Bertz CT molecular complexity index is 155. The summed E-state index contributed by atoms with van der Waals surface area (Å²) in [5.41, 5.74) is 0. The maximum Gasteiger partial charge on any atom is 0.407 e. The predicted octanol–water partition coefficient (Wildman–Crippen LogP) is 0.904. The molecule has 1 heterocycles. The number of carboxylic acid groups (broad SMARTS) is 1. The minimum atomic E-state index is -1.04. The number of hydrogen-bond donors (Lipinski definition) is 2. The zero-order valence-corrected chi connectivity index (χ0v) is 5.41. The van der Waals surface area contributed by atoms with E-state index in [1.54, 1.807) is 0 Å². The molecule has 0 fully saturated rings. The number of hydrogen-bond acceptors (Lipinski definition) is 2. The Morgan fingerprint density at radius 3 is 3.10 bits per heavy atom. The summed E-state index contributed by atoms with van der Waals surface area (Å²) in [5, 5.41) is 10.5. The highest BCUT2D eigenvalue weighted by Gasteiger charge is 2.11. The molecule has 0 aromatic carbocycles. The van der Waals surface area contributed by atoms with Gasteiger partial charge in [-0.25, -0.2) is 4.79 Å². The molecule has 1 aliphatic rings. The fraction of sp³-hybridized carbons (Fsp3) is 0.500. The second-order valence-corrected chi connectivity index (χ2v) is 2.02. The first-order chi connectivity index (χ1) is 4.79. The van der Waals surface area contributed by atoms with E-state index < -0.39 is 6.09 Å². The van der Waals surface area contributed by atoms with E-state index in [-0.39, 0.29) is 6.23 Å². The molecule has 0 spiro atoms. The Labute approximate surface area is 58.5 Å². The van der Waals surface area contributed by atoms with E-state index in [0.29, 0.717) is 6.42 Å². The van der Waals surface area contributed by atoms with Crippen LogP contribution in [0.25, 0.3) is 0 Å². The van der Waals surface area contributed by atoms with Crippen molar-refractivity contribution in [2.75, 3.05) is 0 Å². The first-order valence-electron chi connectivity index (χ1n) is 3.09. The molecule has 4 nitrogen and oxygen atoms in total. The largest absolute Gasteiger partial charge is 0.478 e. The normalized spacial score (nSPS) is 23.4. The van der Waals surface area contributed by atoms with E-state index in [1.807, 2.05) is 6.08 Å². The van der Waals surface area contributed by atoms with Crippen LogP contribution in [0.15, 0.2) is 12.3 Å². The van der Waals surface area contributed by atoms with Gasteiger partial charge >= 0.3 is 6.09 Å². The van der Waals surface area contributed by atoms with Gasteiger partial charge < -0.3 is 9.84 Å². The lowest BCUT2D eigenvalue weighted by Gasteiger charge is -2.18. The number of allylic oxidation sites excluding steroid dienone is 1. The van der Waals surface area contributed by atoms with Crippen LogP contribution in [0.2, 0.25) is 0 Å². The van der Waals surface area contributed by atoms with Gasteiger partial charge in [0.05, 0.1) is 6.26 Å². The molecule has 1 amide bonds. The van der Waals surface area contributed by atoms with Gasteiger partial charge in [-0.05, 0) is 12.5 Å². The molecular formula is C6H9NO3. The molecule has 0 bridgehead atoms. The van der Waals surface area contributed by atoms with Gasteiger partial charge in [0, 0.05) is 6.42 Å². The van der Waals surface area contributed by atoms with Crippen molar-refractivity contribution in [1.82, 2.24) is 5.32 Å². The summed E-state index contributed by atoms with van der Waals surface area (Å²) >= 11 is 0. The summed E-state index contributed by atoms with van der Waals surface area (Å²) in [7, 11) is 0. The predicted molar refractivity (Wildman–Crippen MR) is 34.4 cm³/mol. The quantitative estimate of drug-likeness (QED) is 0.573. The molecule has 0 saturated carbocycles. The first-order valence-corrected chi connectivity index (χ1v) is 3.09.